The molecule has 1 aromatic heterocycles. The second-order valence-corrected chi connectivity index (χ2v) is 6.88. The van der Waals surface area contributed by atoms with E-state index in [-0.39, 0.29) is 5.41 Å². The SMILES string of the molecule is COCCCNc1cc(Nc2ccccc2C(C)(C)C)nc(C)n1. The summed E-state index contributed by atoms with van der Waals surface area (Å²) in [7, 11) is 1.71. The van der Waals surface area contributed by atoms with Crippen LogP contribution in [0.15, 0.2) is 30.3 Å². The van der Waals surface area contributed by atoms with Crippen LogP contribution in [0.4, 0.5) is 17.3 Å². The molecule has 0 atom stereocenters. The van der Waals surface area contributed by atoms with Gasteiger partial charge in [-0.05, 0) is 30.4 Å². The van der Waals surface area contributed by atoms with Gasteiger partial charge in [-0.3, -0.25) is 0 Å². The Bertz CT molecular complexity index is 665. The van der Waals surface area contributed by atoms with Crippen LogP contribution < -0.4 is 10.6 Å². The van der Waals surface area contributed by atoms with Crippen LogP contribution in [-0.2, 0) is 10.2 Å². The van der Waals surface area contributed by atoms with E-state index in [1.54, 1.807) is 7.11 Å². The quantitative estimate of drug-likeness (QED) is 0.743. The number of anilines is 3. The number of ether oxygens (including phenoxy) is 1. The number of hydrogen-bond donors (Lipinski definition) is 2. The predicted molar refractivity (Wildman–Crippen MR) is 100 cm³/mol. The lowest BCUT2D eigenvalue weighted by atomic mass is 9.86. The first kappa shape index (κ1) is 18.2. The van der Waals surface area contributed by atoms with Crippen LogP contribution in [0.3, 0.4) is 0 Å². The van der Waals surface area contributed by atoms with Crippen LogP contribution in [0, 0.1) is 6.92 Å². The molecule has 0 saturated carbocycles. The number of benzene rings is 1. The van der Waals surface area contributed by atoms with E-state index in [0.29, 0.717) is 0 Å². The summed E-state index contributed by atoms with van der Waals surface area (Å²) < 4.78 is 5.07. The van der Waals surface area contributed by atoms with E-state index in [4.69, 9.17) is 4.74 Å². The maximum atomic E-state index is 5.07. The third-order valence-corrected chi connectivity index (χ3v) is 3.67. The number of rotatable bonds is 7. The summed E-state index contributed by atoms with van der Waals surface area (Å²) in [4.78, 5) is 8.95. The van der Waals surface area contributed by atoms with Crippen molar-refractivity contribution in [3.8, 4) is 0 Å². The highest BCUT2D eigenvalue weighted by atomic mass is 16.5. The van der Waals surface area contributed by atoms with Gasteiger partial charge in [0, 0.05) is 32.0 Å². The van der Waals surface area contributed by atoms with Gasteiger partial charge in [0.25, 0.3) is 0 Å². The second kappa shape index (κ2) is 8.11. The normalized spacial score (nSPS) is 11.4. The molecule has 0 saturated heterocycles. The predicted octanol–water partition coefficient (Wildman–Crippen LogP) is 4.27. The molecule has 1 heterocycles. The van der Waals surface area contributed by atoms with Crippen molar-refractivity contribution in [3.05, 3.63) is 41.7 Å². The molecule has 2 N–H and O–H groups in total. The first-order chi connectivity index (χ1) is 11.4. The van der Waals surface area contributed by atoms with Gasteiger partial charge in [0.15, 0.2) is 0 Å². The molecule has 0 amide bonds. The van der Waals surface area contributed by atoms with Crippen LogP contribution in [-0.4, -0.2) is 30.2 Å². The highest BCUT2D eigenvalue weighted by molar-refractivity contribution is 5.64. The van der Waals surface area contributed by atoms with E-state index < -0.39 is 0 Å². The van der Waals surface area contributed by atoms with Crippen LogP contribution in [0.5, 0.6) is 0 Å². The Hall–Kier alpha value is -2.14. The van der Waals surface area contributed by atoms with Crippen molar-refractivity contribution >= 4 is 17.3 Å². The fourth-order valence-electron chi connectivity index (χ4n) is 2.54. The van der Waals surface area contributed by atoms with Gasteiger partial charge in [-0.2, -0.15) is 0 Å². The van der Waals surface area contributed by atoms with Gasteiger partial charge in [0.05, 0.1) is 0 Å². The van der Waals surface area contributed by atoms with Crippen LogP contribution in [0.1, 0.15) is 38.6 Å². The van der Waals surface area contributed by atoms with Crippen molar-refractivity contribution in [1.29, 1.82) is 0 Å². The first-order valence-electron chi connectivity index (χ1n) is 8.35. The number of hydrogen-bond acceptors (Lipinski definition) is 5. The monoisotopic (exact) mass is 328 g/mol. The van der Waals surface area contributed by atoms with Crippen LogP contribution >= 0.6 is 0 Å². The van der Waals surface area contributed by atoms with Crippen molar-refractivity contribution in [2.45, 2.75) is 39.5 Å². The smallest absolute Gasteiger partial charge is 0.136 e. The Morgan fingerprint density at radius 2 is 1.79 bits per heavy atom. The van der Waals surface area contributed by atoms with Gasteiger partial charge in [-0.15, -0.1) is 0 Å². The summed E-state index contributed by atoms with van der Waals surface area (Å²) in [6.45, 7) is 10.1. The van der Waals surface area contributed by atoms with Gasteiger partial charge in [-0.1, -0.05) is 39.0 Å². The highest BCUT2D eigenvalue weighted by Crippen LogP contribution is 2.31. The summed E-state index contributed by atoms with van der Waals surface area (Å²) in [5.74, 6) is 2.37. The lowest BCUT2D eigenvalue weighted by molar-refractivity contribution is 0.198. The fourth-order valence-corrected chi connectivity index (χ4v) is 2.54. The summed E-state index contributed by atoms with van der Waals surface area (Å²) >= 11 is 0. The summed E-state index contributed by atoms with van der Waals surface area (Å²) in [5.41, 5.74) is 2.40. The molecule has 0 spiro atoms. The minimum absolute atomic E-state index is 0.0624. The van der Waals surface area contributed by atoms with Gasteiger partial charge < -0.3 is 15.4 Å². The number of aryl methyl sites for hydroxylation is 1. The third-order valence-electron chi connectivity index (χ3n) is 3.67. The Balaban J connectivity index is 2.17. The summed E-state index contributed by atoms with van der Waals surface area (Å²) in [6, 6.07) is 10.3. The standard InChI is InChI=1S/C19H28N4O/c1-14-21-17(20-11-8-12-24-5)13-18(22-14)23-16-10-7-6-9-15(16)19(2,3)4/h6-7,9-10,13H,8,11-12H2,1-5H3,(H2,20,21,22,23). The molecule has 0 aliphatic heterocycles. The van der Waals surface area contributed by atoms with Crippen molar-refractivity contribution in [1.82, 2.24) is 9.97 Å². The van der Waals surface area contributed by atoms with Crippen molar-refractivity contribution < 1.29 is 4.74 Å². The van der Waals surface area contributed by atoms with E-state index in [9.17, 15) is 0 Å². The zero-order valence-electron chi connectivity index (χ0n) is 15.3. The van der Waals surface area contributed by atoms with Gasteiger partial charge in [0.2, 0.25) is 0 Å². The molecular weight excluding hydrogens is 300 g/mol. The molecule has 0 radical (unpaired) electrons. The van der Waals surface area contributed by atoms with Crippen LogP contribution in [0.25, 0.3) is 0 Å². The molecule has 2 aromatic rings. The largest absolute Gasteiger partial charge is 0.385 e. The van der Waals surface area contributed by atoms with Gasteiger partial charge >= 0.3 is 0 Å². The molecule has 0 aliphatic carbocycles. The lowest BCUT2D eigenvalue weighted by Crippen LogP contribution is -2.14. The molecule has 2 rings (SSSR count). The van der Waals surface area contributed by atoms with Crippen molar-refractivity contribution in [3.63, 3.8) is 0 Å². The highest BCUT2D eigenvalue weighted by Gasteiger charge is 2.17. The Kier molecular flexibility index (Phi) is 6.15. The molecule has 0 aliphatic rings. The molecular formula is C19H28N4O. The van der Waals surface area contributed by atoms with E-state index in [1.807, 2.05) is 19.1 Å². The summed E-state index contributed by atoms with van der Waals surface area (Å²) in [6.07, 6.45) is 0.940. The second-order valence-electron chi connectivity index (χ2n) is 6.88. The molecule has 0 fully saturated rings. The minimum Gasteiger partial charge on any atom is -0.385 e. The minimum atomic E-state index is 0.0624. The van der Waals surface area contributed by atoms with E-state index in [0.717, 1.165) is 42.7 Å². The number of para-hydroxylation sites is 1. The first-order valence-corrected chi connectivity index (χ1v) is 8.35. The zero-order valence-corrected chi connectivity index (χ0v) is 15.3. The summed E-state index contributed by atoms with van der Waals surface area (Å²) in [5, 5.41) is 6.77. The molecule has 5 nitrogen and oxygen atoms in total. The Morgan fingerprint density at radius 1 is 1.08 bits per heavy atom. The van der Waals surface area contributed by atoms with Crippen molar-refractivity contribution in [2.75, 3.05) is 30.9 Å². The Morgan fingerprint density at radius 3 is 2.50 bits per heavy atom. The van der Waals surface area contributed by atoms with E-state index in [1.165, 1.54) is 5.56 Å². The molecule has 0 bridgehead atoms. The molecule has 5 heteroatoms. The van der Waals surface area contributed by atoms with Gasteiger partial charge in [0.1, 0.15) is 17.5 Å². The third kappa shape index (κ3) is 5.20. The molecule has 1 aromatic carbocycles. The maximum absolute atomic E-state index is 5.07. The van der Waals surface area contributed by atoms with E-state index >= 15 is 0 Å². The lowest BCUT2D eigenvalue weighted by Gasteiger charge is -2.23. The number of aromatic nitrogens is 2. The molecule has 130 valence electrons. The maximum Gasteiger partial charge on any atom is 0.136 e. The average Bonchev–Trinajstić information content (AvgIpc) is 2.50. The topological polar surface area (TPSA) is 59.1 Å². The van der Waals surface area contributed by atoms with Crippen LogP contribution in [0.2, 0.25) is 0 Å². The van der Waals surface area contributed by atoms with E-state index in [2.05, 4.69) is 59.6 Å². The fraction of sp³-hybridized carbons (Fsp3) is 0.474. The zero-order chi connectivity index (χ0) is 17.6. The number of methoxy groups -OCH3 is 1. The van der Waals surface area contributed by atoms with Gasteiger partial charge in [-0.25, -0.2) is 9.97 Å². The average molecular weight is 328 g/mol. The number of nitrogens with zero attached hydrogens (tertiary/aromatic N) is 2. The number of nitrogens with one attached hydrogen (secondary N) is 2. The Labute approximate surface area is 144 Å². The van der Waals surface area contributed by atoms with Crippen molar-refractivity contribution in [2.24, 2.45) is 0 Å². The molecule has 24 heavy (non-hydrogen) atoms. The molecule has 0 unspecified atom stereocenters.